The van der Waals surface area contributed by atoms with Crippen molar-refractivity contribution in [3.63, 3.8) is 0 Å². The Kier molecular flexibility index (Phi) is 5.48. The Labute approximate surface area is 147 Å². The number of nitrogens with zero attached hydrogens (tertiary/aromatic N) is 5. The number of aryl methyl sites for hydroxylation is 1. The van der Waals surface area contributed by atoms with Crippen molar-refractivity contribution in [1.29, 1.82) is 0 Å². The molecule has 1 saturated heterocycles. The zero-order valence-corrected chi connectivity index (χ0v) is 14.8. The van der Waals surface area contributed by atoms with Crippen molar-refractivity contribution in [1.82, 2.24) is 24.6 Å². The van der Waals surface area contributed by atoms with E-state index in [1.165, 1.54) is 0 Å². The van der Waals surface area contributed by atoms with Crippen LogP contribution in [0.1, 0.15) is 17.8 Å². The number of likely N-dealkylation sites (N-methyl/N-ethyl adjacent to an activating group) is 1. The average molecular weight is 352 g/mol. The third-order valence-electron chi connectivity index (χ3n) is 4.51. The third kappa shape index (κ3) is 4.32. The molecule has 0 radical (unpaired) electrons. The van der Waals surface area contributed by atoms with Gasteiger partial charge in [-0.25, -0.2) is 4.39 Å². The van der Waals surface area contributed by atoms with Gasteiger partial charge in [0.15, 0.2) is 0 Å². The number of hydrogen-bond donors (Lipinski definition) is 0. The molecule has 5 nitrogen and oxygen atoms in total. The van der Waals surface area contributed by atoms with Gasteiger partial charge in [0, 0.05) is 51.7 Å². The second-order valence-corrected chi connectivity index (χ2v) is 6.96. The molecule has 130 valence electrons. The second kappa shape index (κ2) is 7.59. The van der Waals surface area contributed by atoms with E-state index in [2.05, 4.69) is 19.9 Å². The summed E-state index contributed by atoms with van der Waals surface area (Å²) in [6.45, 7) is 2.75. The minimum Gasteiger partial charge on any atom is -0.299 e. The van der Waals surface area contributed by atoms with E-state index in [0.717, 1.165) is 31.0 Å². The summed E-state index contributed by atoms with van der Waals surface area (Å²) in [4.78, 5) is 8.73. The van der Waals surface area contributed by atoms with Gasteiger partial charge in [0.25, 0.3) is 0 Å². The molecule has 0 N–H and O–H groups in total. The highest BCUT2D eigenvalue weighted by atomic mass is 35.5. The molecular weight excluding hydrogens is 329 g/mol. The summed E-state index contributed by atoms with van der Waals surface area (Å²) in [6, 6.07) is 5.97. The predicted molar refractivity (Wildman–Crippen MR) is 92.5 cm³/mol. The van der Waals surface area contributed by atoms with Crippen molar-refractivity contribution in [3.8, 4) is 0 Å². The number of hydrogen-bond acceptors (Lipinski definition) is 4. The first kappa shape index (κ1) is 17.3. The average Bonchev–Trinajstić information content (AvgIpc) is 3.08. The van der Waals surface area contributed by atoms with Gasteiger partial charge in [-0.2, -0.15) is 5.10 Å². The van der Waals surface area contributed by atoms with E-state index in [9.17, 15) is 4.39 Å². The van der Waals surface area contributed by atoms with Gasteiger partial charge in [-0.05, 0) is 31.7 Å². The molecule has 0 amide bonds. The Hall–Kier alpha value is -1.50. The van der Waals surface area contributed by atoms with Crippen LogP contribution in [0.4, 0.5) is 4.39 Å². The molecule has 0 spiro atoms. The molecular formula is C17H23ClFN5. The normalized spacial score (nSPS) is 21.7. The fourth-order valence-electron chi connectivity index (χ4n) is 3.27. The van der Waals surface area contributed by atoms with E-state index in [-0.39, 0.29) is 6.04 Å². The van der Waals surface area contributed by atoms with E-state index in [1.807, 2.05) is 37.0 Å². The minimum atomic E-state index is -0.759. The standard InChI is InChI=1S/C17H23ClFN5/c1-22(10-15-4-3-13(18)8-20-15)11-17-7-14(19)9-24(17)12-16-5-6-21-23(16)2/h3-6,8,14,17H,7,9-12H2,1-2H3/t14-,17-/m0/s1. The summed E-state index contributed by atoms with van der Waals surface area (Å²) in [7, 11) is 3.97. The number of aromatic nitrogens is 3. The molecule has 0 aromatic carbocycles. The van der Waals surface area contributed by atoms with Crippen molar-refractivity contribution < 1.29 is 4.39 Å². The van der Waals surface area contributed by atoms with Gasteiger partial charge in [-0.15, -0.1) is 0 Å². The second-order valence-electron chi connectivity index (χ2n) is 6.53. The highest BCUT2D eigenvalue weighted by Gasteiger charge is 2.33. The summed E-state index contributed by atoms with van der Waals surface area (Å²) in [6.07, 6.45) is 3.26. The molecule has 7 heteroatoms. The van der Waals surface area contributed by atoms with Crippen LogP contribution in [0.3, 0.4) is 0 Å². The fourth-order valence-corrected chi connectivity index (χ4v) is 3.38. The van der Waals surface area contributed by atoms with Crippen LogP contribution in [0, 0.1) is 0 Å². The smallest absolute Gasteiger partial charge is 0.114 e. The number of alkyl halides is 1. The fraction of sp³-hybridized carbons (Fsp3) is 0.529. The number of halogens is 2. The summed E-state index contributed by atoms with van der Waals surface area (Å²) in [5.41, 5.74) is 2.08. The predicted octanol–water partition coefficient (Wildman–Crippen LogP) is 2.51. The molecule has 3 rings (SSSR count). The lowest BCUT2D eigenvalue weighted by molar-refractivity contribution is 0.176. The van der Waals surface area contributed by atoms with E-state index in [4.69, 9.17) is 11.6 Å². The van der Waals surface area contributed by atoms with Gasteiger partial charge in [0.1, 0.15) is 6.17 Å². The van der Waals surface area contributed by atoms with Crippen LogP contribution < -0.4 is 0 Å². The van der Waals surface area contributed by atoms with E-state index >= 15 is 0 Å². The SMILES string of the molecule is CN(Cc1ccc(Cl)cn1)C[C@@H]1C[C@H](F)CN1Cc1ccnn1C. The first-order valence-electron chi connectivity index (χ1n) is 8.15. The largest absolute Gasteiger partial charge is 0.299 e. The molecule has 0 unspecified atom stereocenters. The van der Waals surface area contributed by atoms with Crippen LogP contribution in [0.15, 0.2) is 30.6 Å². The molecule has 0 bridgehead atoms. The van der Waals surface area contributed by atoms with Crippen LogP contribution in [-0.2, 0) is 20.1 Å². The molecule has 0 aliphatic carbocycles. The van der Waals surface area contributed by atoms with Crippen LogP contribution >= 0.6 is 11.6 Å². The highest BCUT2D eigenvalue weighted by Crippen LogP contribution is 2.23. The molecule has 2 aromatic rings. The zero-order valence-electron chi connectivity index (χ0n) is 14.1. The van der Waals surface area contributed by atoms with Gasteiger partial charge in [-0.1, -0.05) is 11.6 Å². The Balaban J connectivity index is 1.59. The summed E-state index contributed by atoms with van der Waals surface area (Å²) >= 11 is 5.87. The van der Waals surface area contributed by atoms with Crippen molar-refractivity contribution in [3.05, 3.63) is 47.0 Å². The molecule has 1 fully saturated rings. The van der Waals surface area contributed by atoms with E-state index in [1.54, 1.807) is 12.4 Å². The molecule has 2 atom stereocenters. The van der Waals surface area contributed by atoms with E-state index < -0.39 is 6.17 Å². The maximum atomic E-state index is 14.0. The van der Waals surface area contributed by atoms with Gasteiger partial charge in [0.2, 0.25) is 0 Å². The molecule has 0 saturated carbocycles. The molecule has 2 aromatic heterocycles. The van der Waals surface area contributed by atoms with Crippen LogP contribution in [0.2, 0.25) is 5.02 Å². The maximum absolute atomic E-state index is 14.0. The lowest BCUT2D eigenvalue weighted by Gasteiger charge is -2.28. The monoisotopic (exact) mass is 351 g/mol. The first-order chi connectivity index (χ1) is 11.5. The lowest BCUT2D eigenvalue weighted by atomic mass is 10.2. The molecule has 24 heavy (non-hydrogen) atoms. The van der Waals surface area contributed by atoms with Crippen molar-refractivity contribution >= 4 is 11.6 Å². The topological polar surface area (TPSA) is 37.2 Å². The Morgan fingerprint density at radius 3 is 2.88 bits per heavy atom. The molecule has 1 aliphatic heterocycles. The third-order valence-corrected chi connectivity index (χ3v) is 4.73. The number of likely N-dealkylation sites (tertiary alicyclic amines) is 1. The van der Waals surface area contributed by atoms with Gasteiger partial charge >= 0.3 is 0 Å². The summed E-state index contributed by atoms with van der Waals surface area (Å²) in [5, 5.41) is 4.83. The number of pyridine rings is 1. The molecule has 1 aliphatic rings. The van der Waals surface area contributed by atoms with Gasteiger partial charge < -0.3 is 0 Å². The van der Waals surface area contributed by atoms with Crippen molar-refractivity contribution in [2.45, 2.75) is 31.7 Å². The zero-order chi connectivity index (χ0) is 17.1. The Morgan fingerprint density at radius 1 is 1.38 bits per heavy atom. The Bertz CT molecular complexity index is 659. The quantitative estimate of drug-likeness (QED) is 0.801. The van der Waals surface area contributed by atoms with Crippen LogP contribution in [0.25, 0.3) is 0 Å². The first-order valence-corrected chi connectivity index (χ1v) is 8.53. The highest BCUT2D eigenvalue weighted by molar-refractivity contribution is 6.30. The minimum absolute atomic E-state index is 0.201. The summed E-state index contributed by atoms with van der Waals surface area (Å²) in [5.74, 6) is 0. The van der Waals surface area contributed by atoms with Crippen molar-refractivity contribution in [2.75, 3.05) is 20.1 Å². The van der Waals surface area contributed by atoms with Crippen LogP contribution in [0.5, 0.6) is 0 Å². The van der Waals surface area contributed by atoms with E-state index in [0.29, 0.717) is 18.0 Å². The maximum Gasteiger partial charge on any atom is 0.114 e. The Morgan fingerprint density at radius 2 is 2.21 bits per heavy atom. The molecule has 3 heterocycles. The lowest BCUT2D eigenvalue weighted by Crippen LogP contribution is -2.38. The van der Waals surface area contributed by atoms with Gasteiger partial charge in [0.05, 0.1) is 16.4 Å². The number of rotatable bonds is 6. The van der Waals surface area contributed by atoms with Gasteiger partial charge in [-0.3, -0.25) is 19.5 Å². The van der Waals surface area contributed by atoms with Crippen molar-refractivity contribution in [2.24, 2.45) is 7.05 Å². The van der Waals surface area contributed by atoms with Crippen LogP contribution in [-0.4, -0.2) is 56.9 Å². The summed E-state index contributed by atoms with van der Waals surface area (Å²) < 4.78 is 15.8.